The molecule has 1 aliphatic carbocycles. The van der Waals surface area contributed by atoms with E-state index in [1.54, 1.807) is 10.4 Å². The molecule has 0 fully saturated rings. The van der Waals surface area contributed by atoms with E-state index >= 15 is 0 Å². The first-order chi connectivity index (χ1) is 10.1. The van der Waals surface area contributed by atoms with Crippen LogP contribution in [0.5, 0.6) is 0 Å². The van der Waals surface area contributed by atoms with Gasteiger partial charge in [-0.05, 0) is 66.8 Å². The van der Waals surface area contributed by atoms with E-state index in [0.717, 1.165) is 12.5 Å². The third-order valence-corrected chi connectivity index (χ3v) is 6.63. The summed E-state index contributed by atoms with van der Waals surface area (Å²) in [6.45, 7) is 5.73. The van der Waals surface area contributed by atoms with Crippen LogP contribution in [0.15, 0.2) is 9.85 Å². The lowest BCUT2D eigenvalue weighted by Crippen LogP contribution is -2.44. The molecule has 2 rings (SSSR count). The van der Waals surface area contributed by atoms with Gasteiger partial charge in [0.15, 0.2) is 0 Å². The molecule has 0 saturated heterocycles. The monoisotopic (exact) mass is 372 g/mol. The van der Waals surface area contributed by atoms with E-state index in [1.807, 2.05) is 11.3 Å². The number of hydrogen-bond donors (Lipinski definition) is 1. The molecule has 1 aromatic rings. The van der Waals surface area contributed by atoms with Gasteiger partial charge in [-0.3, -0.25) is 0 Å². The average Bonchev–Trinajstić information content (AvgIpc) is 2.83. The molecule has 0 amide bonds. The molecule has 0 aliphatic heterocycles. The highest BCUT2D eigenvalue weighted by Crippen LogP contribution is 2.38. The van der Waals surface area contributed by atoms with Gasteiger partial charge >= 0.3 is 0 Å². The van der Waals surface area contributed by atoms with Crippen LogP contribution in [0.25, 0.3) is 0 Å². The van der Waals surface area contributed by atoms with Gasteiger partial charge in [0.1, 0.15) is 0 Å². The summed E-state index contributed by atoms with van der Waals surface area (Å²) in [5.74, 6) is 0.782. The second-order valence-electron chi connectivity index (χ2n) is 6.39. The first-order valence-corrected chi connectivity index (χ1v) is 9.85. The number of rotatable bonds is 7. The molecule has 21 heavy (non-hydrogen) atoms. The molecular weight excluding hydrogens is 344 g/mol. The van der Waals surface area contributed by atoms with Crippen molar-refractivity contribution in [3.8, 4) is 0 Å². The lowest BCUT2D eigenvalue weighted by atomic mass is 9.91. The van der Waals surface area contributed by atoms with Crippen LogP contribution in [0.2, 0.25) is 0 Å². The maximum absolute atomic E-state index is 3.87. The van der Waals surface area contributed by atoms with Crippen LogP contribution in [0, 0.1) is 5.92 Å². The lowest BCUT2D eigenvalue weighted by Gasteiger charge is -2.34. The maximum atomic E-state index is 3.87. The number of nitrogens with zero attached hydrogens (tertiary/aromatic N) is 1. The van der Waals surface area contributed by atoms with E-state index in [1.165, 1.54) is 35.9 Å². The van der Waals surface area contributed by atoms with Gasteiger partial charge in [0.05, 0.1) is 3.79 Å². The molecule has 4 heteroatoms. The smallest absolute Gasteiger partial charge is 0.0704 e. The quantitative estimate of drug-likeness (QED) is 0.735. The van der Waals surface area contributed by atoms with E-state index in [9.17, 15) is 0 Å². The first-order valence-electron chi connectivity index (χ1n) is 8.24. The molecule has 0 aromatic carbocycles. The number of hydrogen-bond acceptors (Lipinski definition) is 3. The van der Waals surface area contributed by atoms with Crippen molar-refractivity contribution >= 4 is 27.3 Å². The molecule has 0 saturated carbocycles. The molecule has 2 nitrogen and oxygen atoms in total. The third-order valence-electron chi connectivity index (χ3n) is 4.91. The van der Waals surface area contributed by atoms with Crippen LogP contribution in [-0.2, 0) is 6.42 Å². The second kappa shape index (κ2) is 8.09. The van der Waals surface area contributed by atoms with E-state index in [0.29, 0.717) is 12.1 Å². The predicted molar refractivity (Wildman–Crippen MR) is 97.2 cm³/mol. The minimum Gasteiger partial charge on any atom is -0.308 e. The zero-order valence-corrected chi connectivity index (χ0v) is 16.2. The predicted octanol–water partition coefficient (Wildman–Crippen LogP) is 4.84. The highest BCUT2D eigenvalue weighted by atomic mass is 79.9. The molecule has 0 bridgehead atoms. The molecule has 1 aliphatic rings. The van der Waals surface area contributed by atoms with Crippen molar-refractivity contribution < 1.29 is 0 Å². The Morgan fingerprint density at radius 1 is 1.38 bits per heavy atom. The fourth-order valence-electron chi connectivity index (χ4n) is 3.60. The zero-order valence-electron chi connectivity index (χ0n) is 13.8. The van der Waals surface area contributed by atoms with Gasteiger partial charge in [0.25, 0.3) is 0 Å². The highest BCUT2D eigenvalue weighted by Gasteiger charge is 2.25. The van der Waals surface area contributed by atoms with Gasteiger partial charge in [-0.15, -0.1) is 11.3 Å². The molecule has 120 valence electrons. The Morgan fingerprint density at radius 2 is 2.10 bits per heavy atom. The minimum atomic E-state index is 0.549. The van der Waals surface area contributed by atoms with Crippen molar-refractivity contribution in [1.82, 2.24) is 10.2 Å². The maximum Gasteiger partial charge on any atom is 0.0704 e. The van der Waals surface area contributed by atoms with Crippen LogP contribution in [0.3, 0.4) is 0 Å². The van der Waals surface area contributed by atoms with E-state index < -0.39 is 0 Å². The number of fused-ring (bicyclic) bond motifs is 1. The highest BCUT2D eigenvalue weighted by molar-refractivity contribution is 9.11. The summed E-state index contributed by atoms with van der Waals surface area (Å²) in [6.07, 6.45) is 6.38. The van der Waals surface area contributed by atoms with Gasteiger partial charge in [-0.1, -0.05) is 26.7 Å². The minimum absolute atomic E-state index is 0.549. The fraction of sp³-hybridized carbons (Fsp3) is 0.765. The molecule has 1 N–H and O–H groups in total. The van der Waals surface area contributed by atoms with Gasteiger partial charge in [-0.25, -0.2) is 0 Å². The summed E-state index contributed by atoms with van der Waals surface area (Å²) in [5, 5.41) is 3.87. The Balaban J connectivity index is 2.01. The van der Waals surface area contributed by atoms with Crippen molar-refractivity contribution in [2.24, 2.45) is 5.92 Å². The van der Waals surface area contributed by atoms with E-state index in [2.05, 4.69) is 60.2 Å². The van der Waals surface area contributed by atoms with Crippen molar-refractivity contribution in [2.45, 2.75) is 58.0 Å². The van der Waals surface area contributed by atoms with Crippen molar-refractivity contribution in [1.29, 1.82) is 0 Å². The standard InChI is InChI=1S/C17H29BrN2S/c1-5-12(6-2)15(20(3)4)11-19-14-8-7-9-16-13(14)10-17(18)21-16/h10,12,14-15,19H,5-9,11H2,1-4H3. The number of nitrogens with one attached hydrogen (secondary N) is 1. The molecule has 0 radical (unpaired) electrons. The van der Waals surface area contributed by atoms with Crippen LogP contribution in [0.4, 0.5) is 0 Å². The molecule has 1 aromatic heterocycles. The van der Waals surface area contributed by atoms with E-state index in [4.69, 9.17) is 0 Å². The summed E-state index contributed by atoms with van der Waals surface area (Å²) < 4.78 is 1.28. The normalized spacial score (nSPS) is 20.0. The number of thiophene rings is 1. The Hall–Kier alpha value is 0.1000. The van der Waals surface area contributed by atoms with Gasteiger partial charge in [-0.2, -0.15) is 0 Å². The molecule has 2 unspecified atom stereocenters. The topological polar surface area (TPSA) is 15.3 Å². The summed E-state index contributed by atoms with van der Waals surface area (Å²) in [7, 11) is 4.44. The second-order valence-corrected chi connectivity index (χ2v) is 8.91. The molecule has 1 heterocycles. The van der Waals surface area contributed by atoms with Crippen molar-refractivity contribution in [3.63, 3.8) is 0 Å². The Labute approximate surface area is 142 Å². The van der Waals surface area contributed by atoms with Crippen molar-refractivity contribution in [3.05, 3.63) is 20.3 Å². The van der Waals surface area contributed by atoms with Gasteiger partial charge in [0.2, 0.25) is 0 Å². The summed E-state index contributed by atoms with van der Waals surface area (Å²) in [5.41, 5.74) is 1.54. The van der Waals surface area contributed by atoms with E-state index in [-0.39, 0.29) is 0 Å². The van der Waals surface area contributed by atoms with Crippen LogP contribution in [-0.4, -0.2) is 31.6 Å². The molecular formula is C17H29BrN2S. The fourth-order valence-corrected chi connectivity index (χ4v) is 5.42. The number of likely N-dealkylation sites (N-methyl/N-ethyl adjacent to an activating group) is 1. The van der Waals surface area contributed by atoms with Crippen LogP contribution >= 0.6 is 27.3 Å². The molecule has 0 spiro atoms. The summed E-state index contributed by atoms with van der Waals surface area (Å²) in [4.78, 5) is 3.98. The Bertz CT molecular complexity index is 440. The Morgan fingerprint density at radius 3 is 2.71 bits per heavy atom. The van der Waals surface area contributed by atoms with Crippen molar-refractivity contribution in [2.75, 3.05) is 20.6 Å². The zero-order chi connectivity index (χ0) is 15.4. The number of aryl methyl sites for hydroxylation is 1. The van der Waals surface area contributed by atoms with Gasteiger partial charge < -0.3 is 10.2 Å². The largest absolute Gasteiger partial charge is 0.308 e. The molecule has 2 atom stereocenters. The van der Waals surface area contributed by atoms with Gasteiger partial charge in [0, 0.05) is 23.5 Å². The summed E-state index contributed by atoms with van der Waals surface area (Å²) in [6, 6.07) is 3.51. The SMILES string of the molecule is CCC(CC)C(CNC1CCCc2sc(Br)cc21)N(C)C. The summed E-state index contributed by atoms with van der Waals surface area (Å²) >= 11 is 5.57. The third kappa shape index (κ3) is 4.31. The number of halogens is 1. The Kier molecular flexibility index (Phi) is 6.73. The van der Waals surface area contributed by atoms with Crippen LogP contribution in [0.1, 0.15) is 56.0 Å². The lowest BCUT2D eigenvalue weighted by molar-refractivity contribution is 0.187. The average molecular weight is 373 g/mol. The van der Waals surface area contributed by atoms with Crippen LogP contribution < -0.4 is 5.32 Å². The first kappa shape index (κ1) is 17.5.